The molecule has 26 heavy (non-hydrogen) atoms. The van der Waals surface area contributed by atoms with E-state index in [0.717, 1.165) is 22.3 Å². The van der Waals surface area contributed by atoms with Gasteiger partial charge in [0.25, 0.3) is 5.91 Å². The zero-order chi connectivity index (χ0) is 19.1. The van der Waals surface area contributed by atoms with Crippen LogP contribution in [0.4, 0.5) is 4.39 Å². The number of benzene rings is 2. The number of halogens is 1. The number of hydrogen-bond donors (Lipinski definition) is 3. The number of carbonyl (C=O) groups excluding carboxylic acids is 1. The summed E-state index contributed by atoms with van der Waals surface area (Å²) in [4.78, 5) is 11.9. The van der Waals surface area contributed by atoms with E-state index in [1.165, 1.54) is 12.1 Å². The van der Waals surface area contributed by atoms with Crippen molar-refractivity contribution >= 4 is 23.2 Å². The van der Waals surface area contributed by atoms with Gasteiger partial charge in [-0.15, -0.1) is 0 Å². The molecule has 0 bridgehead atoms. The molecule has 0 atom stereocenters. The maximum absolute atomic E-state index is 12.8. The SMILES string of the molecule is Cc1cc(C)c(OCC(=O)NNC(=S)NCc2ccc(F)cc2)c(C)c1. The average Bonchev–Trinajstić information content (AvgIpc) is 2.58. The van der Waals surface area contributed by atoms with E-state index in [2.05, 4.69) is 16.2 Å². The Hall–Kier alpha value is -2.67. The highest BCUT2D eigenvalue weighted by molar-refractivity contribution is 7.80. The van der Waals surface area contributed by atoms with Gasteiger partial charge < -0.3 is 10.1 Å². The minimum atomic E-state index is -0.352. The molecule has 2 rings (SSSR count). The topological polar surface area (TPSA) is 62.4 Å². The first-order valence-electron chi connectivity index (χ1n) is 8.13. The first-order chi connectivity index (χ1) is 12.3. The fraction of sp³-hybridized carbons (Fsp3) is 0.263. The Morgan fingerprint density at radius 1 is 1.08 bits per heavy atom. The number of aryl methyl sites for hydroxylation is 3. The van der Waals surface area contributed by atoms with Crippen molar-refractivity contribution in [3.63, 3.8) is 0 Å². The Bertz CT molecular complexity index is 771. The van der Waals surface area contributed by atoms with Crippen molar-refractivity contribution in [1.29, 1.82) is 0 Å². The molecule has 0 unspecified atom stereocenters. The lowest BCUT2D eigenvalue weighted by Crippen LogP contribution is -2.48. The highest BCUT2D eigenvalue weighted by Gasteiger charge is 2.08. The minimum Gasteiger partial charge on any atom is -0.483 e. The molecule has 0 saturated carbocycles. The number of nitrogens with one attached hydrogen (secondary N) is 3. The fourth-order valence-electron chi connectivity index (χ4n) is 2.52. The largest absolute Gasteiger partial charge is 0.483 e. The van der Waals surface area contributed by atoms with E-state index < -0.39 is 0 Å². The maximum atomic E-state index is 12.8. The van der Waals surface area contributed by atoms with Crippen molar-refractivity contribution in [3.8, 4) is 5.75 Å². The Kier molecular flexibility index (Phi) is 6.91. The molecule has 0 aliphatic carbocycles. The lowest BCUT2D eigenvalue weighted by molar-refractivity contribution is -0.123. The molecular formula is C19H22FN3O2S. The smallest absolute Gasteiger partial charge is 0.276 e. The van der Waals surface area contributed by atoms with Gasteiger partial charge >= 0.3 is 0 Å². The molecule has 1 amide bonds. The maximum Gasteiger partial charge on any atom is 0.276 e. The average molecular weight is 375 g/mol. The Labute approximate surface area is 157 Å². The van der Waals surface area contributed by atoms with Crippen LogP contribution in [-0.2, 0) is 11.3 Å². The van der Waals surface area contributed by atoms with Crippen LogP contribution in [0.25, 0.3) is 0 Å². The first kappa shape index (κ1) is 19.7. The molecule has 5 nitrogen and oxygen atoms in total. The predicted octanol–water partition coefficient (Wildman–Crippen LogP) is 2.83. The summed E-state index contributed by atoms with van der Waals surface area (Å²) in [7, 11) is 0. The standard InChI is InChI=1S/C19H22FN3O2S/c1-12-8-13(2)18(14(3)9-12)25-11-17(24)22-23-19(26)21-10-15-4-6-16(20)7-5-15/h4-9H,10-11H2,1-3H3,(H,22,24)(H2,21,23,26). The van der Waals surface area contributed by atoms with E-state index in [0.29, 0.717) is 12.3 Å². The summed E-state index contributed by atoms with van der Waals surface area (Å²) in [6.45, 7) is 6.19. The van der Waals surface area contributed by atoms with Crippen molar-refractivity contribution in [3.05, 3.63) is 64.5 Å². The number of ether oxygens (including phenoxy) is 1. The normalized spacial score (nSPS) is 10.2. The summed E-state index contributed by atoms with van der Waals surface area (Å²) in [6.07, 6.45) is 0. The molecule has 2 aromatic carbocycles. The van der Waals surface area contributed by atoms with Gasteiger partial charge in [-0.1, -0.05) is 29.8 Å². The first-order valence-corrected chi connectivity index (χ1v) is 8.54. The molecule has 0 saturated heterocycles. The van der Waals surface area contributed by atoms with Crippen LogP contribution in [-0.4, -0.2) is 17.6 Å². The van der Waals surface area contributed by atoms with Gasteiger partial charge in [0.2, 0.25) is 0 Å². The Morgan fingerprint density at radius 3 is 2.31 bits per heavy atom. The van der Waals surface area contributed by atoms with Crippen LogP contribution in [0.2, 0.25) is 0 Å². The Balaban J connectivity index is 1.73. The molecule has 0 radical (unpaired) electrons. The number of rotatable bonds is 5. The lowest BCUT2D eigenvalue weighted by Gasteiger charge is -2.14. The monoisotopic (exact) mass is 375 g/mol. The second-order valence-electron chi connectivity index (χ2n) is 6.00. The molecule has 138 valence electrons. The van der Waals surface area contributed by atoms with Crippen molar-refractivity contribution in [2.75, 3.05) is 6.61 Å². The molecule has 0 heterocycles. The Morgan fingerprint density at radius 2 is 1.69 bits per heavy atom. The van der Waals surface area contributed by atoms with Gasteiger partial charge in [0.05, 0.1) is 0 Å². The van der Waals surface area contributed by atoms with E-state index in [9.17, 15) is 9.18 Å². The molecular weight excluding hydrogens is 353 g/mol. The van der Waals surface area contributed by atoms with Crippen molar-refractivity contribution in [2.45, 2.75) is 27.3 Å². The molecule has 0 spiro atoms. The third-order valence-electron chi connectivity index (χ3n) is 3.63. The summed E-state index contributed by atoms with van der Waals surface area (Å²) >= 11 is 5.08. The minimum absolute atomic E-state index is 0.127. The third-order valence-corrected chi connectivity index (χ3v) is 3.88. The van der Waals surface area contributed by atoms with Gasteiger partial charge in [0, 0.05) is 6.54 Å². The number of carbonyl (C=O) groups is 1. The van der Waals surface area contributed by atoms with Crippen LogP contribution in [0.1, 0.15) is 22.3 Å². The van der Waals surface area contributed by atoms with Crippen LogP contribution >= 0.6 is 12.2 Å². The van der Waals surface area contributed by atoms with E-state index >= 15 is 0 Å². The van der Waals surface area contributed by atoms with Crippen molar-refractivity contribution in [1.82, 2.24) is 16.2 Å². The number of thiocarbonyl (C=S) groups is 1. The predicted molar refractivity (Wildman–Crippen MR) is 103 cm³/mol. The van der Waals surface area contributed by atoms with Crippen LogP contribution in [0, 0.1) is 26.6 Å². The van der Waals surface area contributed by atoms with Crippen LogP contribution in [0.3, 0.4) is 0 Å². The van der Waals surface area contributed by atoms with Crippen LogP contribution in [0.5, 0.6) is 5.75 Å². The van der Waals surface area contributed by atoms with E-state index in [-0.39, 0.29) is 23.4 Å². The lowest BCUT2D eigenvalue weighted by atomic mass is 10.1. The van der Waals surface area contributed by atoms with Crippen LogP contribution in [0.15, 0.2) is 36.4 Å². The van der Waals surface area contributed by atoms with E-state index in [1.54, 1.807) is 12.1 Å². The zero-order valence-corrected chi connectivity index (χ0v) is 15.8. The van der Waals surface area contributed by atoms with Gasteiger partial charge in [0.15, 0.2) is 11.7 Å². The van der Waals surface area contributed by atoms with Gasteiger partial charge in [-0.3, -0.25) is 15.6 Å². The summed E-state index contributed by atoms with van der Waals surface area (Å²) < 4.78 is 18.4. The summed E-state index contributed by atoms with van der Waals surface area (Å²) in [6, 6.07) is 10.1. The van der Waals surface area contributed by atoms with Crippen molar-refractivity contribution < 1.29 is 13.9 Å². The highest BCUT2D eigenvalue weighted by atomic mass is 32.1. The summed E-state index contributed by atoms with van der Waals surface area (Å²) in [5.41, 5.74) is 9.07. The fourth-order valence-corrected chi connectivity index (χ4v) is 2.65. The molecule has 0 aliphatic heterocycles. The second-order valence-corrected chi connectivity index (χ2v) is 6.41. The number of hydrogen-bond acceptors (Lipinski definition) is 3. The van der Waals surface area contributed by atoms with Gasteiger partial charge in [-0.25, -0.2) is 4.39 Å². The highest BCUT2D eigenvalue weighted by Crippen LogP contribution is 2.24. The molecule has 0 fully saturated rings. The summed E-state index contributed by atoms with van der Waals surface area (Å²) in [5, 5.41) is 3.17. The molecule has 2 aromatic rings. The molecule has 0 aromatic heterocycles. The zero-order valence-electron chi connectivity index (χ0n) is 15.0. The van der Waals surface area contributed by atoms with Crippen molar-refractivity contribution in [2.24, 2.45) is 0 Å². The van der Waals surface area contributed by atoms with Gasteiger partial charge in [-0.05, 0) is 61.8 Å². The third kappa shape index (κ3) is 6.00. The van der Waals surface area contributed by atoms with E-state index in [1.807, 2.05) is 32.9 Å². The van der Waals surface area contributed by atoms with Gasteiger partial charge in [-0.2, -0.15) is 0 Å². The molecule has 0 aliphatic rings. The number of hydrazine groups is 1. The molecule has 7 heteroatoms. The number of amides is 1. The summed E-state index contributed by atoms with van der Waals surface area (Å²) in [5.74, 6) is 0.0684. The van der Waals surface area contributed by atoms with E-state index in [4.69, 9.17) is 17.0 Å². The quantitative estimate of drug-likeness (QED) is 0.554. The van der Waals surface area contributed by atoms with Crippen LogP contribution < -0.4 is 20.9 Å². The molecule has 3 N–H and O–H groups in total. The van der Waals surface area contributed by atoms with Gasteiger partial charge in [0.1, 0.15) is 11.6 Å². The second kappa shape index (κ2) is 9.15.